The van der Waals surface area contributed by atoms with Crippen molar-refractivity contribution in [2.45, 2.75) is 18.1 Å². The molecular formula is C24H23NO. The van der Waals surface area contributed by atoms with Gasteiger partial charge in [-0.1, -0.05) is 91.0 Å². The van der Waals surface area contributed by atoms with Crippen LogP contribution >= 0.6 is 0 Å². The highest BCUT2D eigenvalue weighted by molar-refractivity contribution is 5.57. The summed E-state index contributed by atoms with van der Waals surface area (Å²) in [5.74, 6) is 0. The Bertz CT molecular complexity index is 860. The van der Waals surface area contributed by atoms with E-state index in [2.05, 4.69) is 41.3 Å². The fraction of sp³-hybridized carbons (Fsp3) is 0.167. The molecule has 26 heavy (non-hydrogen) atoms. The van der Waals surface area contributed by atoms with Crippen LogP contribution in [0.1, 0.15) is 17.5 Å². The monoisotopic (exact) mass is 341 g/mol. The Kier molecular flexibility index (Phi) is 4.59. The van der Waals surface area contributed by atoms with Crippen molar-refractivity contribution in [1.29, 1.82) is 0 Å². The summed E-state index contributed by atoms with van der Waals surface area (Å²) in [4.78, 5) is 2.30. The van der Waals surface area contributed by atoms with Crippen molar-refractivity contribution in [1.82, 2.24) is 0 Å². The number of aliphatic hydroxyl groups is 1. The van der Waals surface area contributed by atoms with Crippen LogP contribution in [0.25, 0.3) is 6.08 Å². The van der Waals surface area contributed by atoms with Gasteiger partial charge in [0, 0.05) is 18.7 Å². The minimum absolute atomic E-state index is 0.118. The van der Waals surface area contributed by atoms with E-state index < -0.39 is 5.60 Å². The van der Waals surface area contributed by atoms with Crippen LogP contribution in [0.5, 0.6) is 0 Å². The van der Waals surface area contributed by atoms with Gasteiger partial charge in [0.05, 0.1) is 6.04 Å². The molecule has 3 aromatic rings. The van der Waals surface area contributed by atoms with Gasteiger partial charge in [-0.05, 0) is 23.3 Å². The number of hydrogen-bond acceptors (Lipinski definition) is 2. The zero-order valence-electron chi connectivity index (χ0n) is 14.7. The normalized spacial score (nSPS) is 22.8. The summed E-state index contributed by atoms with van der Waals surface area (Å²) < 4.78 is 0. The Balaban J connectivity index is 1.74. The number of anilines is 1. The molecule has 0 bridgehead atoms. The van der Waals surface area contributed by atoms with Gasteiger partial charge in [0.2, 0.25) is 0 Å². The Morgan fingerprint density at radius 1 is 0.808 bits per heavy atom. The summed E-state index contributed by atoms with van der Waals surface area (Å²) in [6.45, 7) is 0.819. The maximum Gasteiger partial charge on any atom is 0.115 e. The molecule has 2 atom stereocenters. The molecule has 1 heterocycles. The molecule has 0 aromatic heterocycles. The largest absolute Gasteiger partial charge is 0.383 e. The molecule has 1 N–H and O–H groups in total. The average Bonchev–Trinajstić information content (AvgIpc) is 3.06. The Labute approximate surface area is 155 Å². The van der Waals surface area contributed by atoms with E-state index in [1.54, 1.807) is 0 Å². The zero-order valence-corrected chi connectivity index (χ0v) is 14.7. The van der Waals surface area contributed by atoms with Crippen LogP contribution in [0.2, 0.25) is 0 Å². The number of hydrogen-bond donors (Lipinski definition) is 1. The van der Waals surface area contributed by atoms with Crippen LogP contribution in [0.3, 0.4) is 0 Å². The second-order valence-electron chi connectivity index (χ2n) is 6.78. The predicted molar refractivity (Wildman–Crippen MR) is 108 cm³/mol. The third-order valence-electron chi connectivity index (χ3n) is 5.19. The number of rotatable bonds is 4. The van der Waals surface area contributed by atoms with E-state index in [0.717, 1.165) is 23.4 Å². The molecule has 0 radical (unpaired) electrons. The van der Waals surface area contributed by atoms with Gasteiger partial charge < -0.3 is 10.0 Å². The highest BCUT2D eigenvalue weighted by Crippen LogP contribution is 2.41. The number of benzene rings is 3. The first kappa shape index (κ1) is 16.6. The number of para-hydroxylation sites is 1. The lowest BCUT2D eigenvalue weighted by Crippen LogP contribution is -2.41. The van der Waals surface area contributed by atoms with Crippen molar-refractivity contribution in [3.63, 3.8) is 0 Å². The molecule has 2 heteroatoms. The molecule has 130 valence electrons. The van der Waals surface area contributed by atoms with Crippen LogP contribution < -0.4 is 4.90 Å². The first-order valence-corrected chi connectivity index (χ1v) is 9.10. The van der Waals surface area contributed by atoms with Crippen molar-refractivity contribution in [2.75, 3.05) is 11.4 Å². The smallest absolute Gasteiger partial charge is 0.115 e. The van der Waals surface area contributed by atoms with Gasteiger partial charge in [-0.15, -0.1) is 0 Å². The lowest BCUT2D eigenvalue weighted by molar-refractivity contribution is 0.0410. The predicted octanol–water partition coefficient (Wildman–Crippen LogP) is 4.87. The quantitative estimate of drug-likeness (QED) is 0.732. The van der Waals surface area contributed by atoms with E-state index >= 15 is 0 Å². The summed E-state index contributed by atoms with van der Waals surface area (Å²) >= 11 is 0. The van der Waals surface area contributed by atoms with Crippen molar-refractivity contribution < 1.29 is 5.11 Å². The van der Waals surface area contributed by atoms with E-state index in [9.17, 15) is 5.11 Å². The molecule has 2 nitrogen and oxygen atoms in total. The summed E-state index contributed by atoms with van der Waals surface area (Å²) in [7, 11) is 0. The summed E-state index contributed by atoms with van der Waals surface area (Å²) in [6, 6.07) is 30.5. The maximum atomic E-state index is 11.6. The van der Waals surface area contributed by atoms with Crippen molar-refractivity contribution in [2.24, 2.45) is 0 Å². The molecule has 0 unspecified atom stereocenters. The van der Waals surface area contributed by atoms with Gasteiger partial charge in [0.15, 0.2) is 0 Å². The van der Waals surface area contributed by atoms with Crippen molar-refractivity contribution in [3.8, 4) is 0 Å². The lowest BCUT2D eigenvalue weighted by Gasteiger charge is -2.33. The SMILES string of the molecule is O[C@]1(c2ccccc2)CCN(c2ccccc2)[C@@H]1/C=C/c1ccccc1. The van der Waals surface area contributed by atoms with E-state index in [1.807, 2.05) is 66.7 Å². The van der Waals surface area contributed by atoms with Crippen molar-refractivity contribution >= 4 is 11.8 Å². The van der Waals surface area contributed by atoms with Gasteiger partial charge in [-0.25, -0.2) is 0 Å². The van der Waals surface area contributed by atoms with Crippen LogP contribution in [0.15, 0.2) is 97.1 Å². The van der Waals surface area contributed by atoms with E-state index in [0.29, 0.717) is 6.42 Å². The van der Waals surface area contributed by atoms with Gasteiger partial charge in [0.1, 0.15) is 5.60 Å². The Hall–Kier alpha value is -2.84. The minimum Gasteiger partial charge on any atom is -0.383 e. The summed E-state index contributed by atoms with van der Waals surface area (Å²) in [5.41, 5.74) is 2.36. The van der Waals surface area contributed by atoms with E-state index in [1.165, 1.54) is 0 Å². The first-order chi connectivity index (χ1) is 12.8. The second kappa shape index (κ2) is 7.19. The standard InChI is InChI=1S/C24H23NO/c26-24(21-12-6-2-7-13-21)18-19-25(22-14-8-3-9-15-22)23(24)17-16-20-10-4-1-5-11-20/h1-17,23,26H,18-19H2/b17-16+/t23-,24+/m1/s1. The zero-order chi connectivity index (χ0) is 17.8. The summed E-state index contributed by atoms with van der Waals surface area (Å²) in [6.07, 6.45) is 4.96. The maximum absolute atomic E-state index is 11.6. The molecule has 1 aliphatic rings. The van der Waals surface area contributed by atoms with E-state index in [4.69, 9.17) is 0 Å². The first-order valence-electron chi connectivity index (χ1n) is 9.10. The highest BCUT2D eigenvalue weighted by atomic mass is 16.3. The highest BCUT2D eigenvalue weighted by Gasteiger charge is 2.46. The van der Waals surface area contributed by atoms with Crippen molar-refractivity contribution in [3.05, 3.63) is 108 Å². The van der Waals surface area contributed by atoms with E-state index in [-0.39, 0.29) is 6.04 Å². The topological polar surface area (TPSA) is 23.5 Å². The van der Waals surface area contributed by atoms with Gasteiger partial charge in [0.25, 0.3) is 0 Å². The second-order valence-corrected chi connectivity index (χ2v) is 6.78. The molecule has 1 saturated heterocycles. The third-order valence-corrected chi connectivity index (χ3v) is 5.19. The molecule has 0 aliphatic carbocycles. The minimum atomic E-state index is -0.900. The molecule has 0 spiro atoms. The lowest BCUT2D eigenvalue weighted by atomic mass is 9.86. The molecule has 0 amide bonds. The fourth-order valence-electron chi connectivity index (χ4n) is 3.82. The number of nitrogens with zero attached hydrogens (tertiary/aromatic N) is 1. The van der Waals surface area contributed by atoms with Crippen LogP contribution in [-0.4, -0.2) is 17.7 Å². The van der Waals surface area contributed by atoms with Gasteiger partial charge >= 0.3 is 0 Å². The molecular weight excluding hydrogens is 318 g/mol. The van der Waals surface area contributed by atoms with Gasteiger partial charge in [-0.3, -0.25) is 0 Å². The molecule has 1 fully saturated rings. The molecule has 3 aromatic carbocycles. The Morgan fingerprint density at radius 2 is 1.38 bits per heavy atom. The molecule has 0 saturated carbocycles. The third kappa shape index (κ3) is 3.16. The Morgan fingerprint density at radius 3 is 2.04 bits per heavy atom. The average molecular weight is 341 g/mol. The molecule has 1 aliphatic heterocycles. The summed E-state index contributed by atoms with van der Waals surface area (Å²) in [5, 5.41) is 11.6. The van der Waals surface area contributed by atoms with Crippen LogP contribution in [-0.2, 0) is 5.60 Å². The van der Waals surface area contributed by atoms with Crippen LogP contribution in [0, 0.1) is 0 Å². The van der Waals surface area contributed by atoms with Crippen LogP contribution in [0.4, 0.5) is 5.69 Å². The van der Waals surface area contributed by atoms with Gasteiger partial charge in [-0.2, -0.15) is 0 Å². The molecule has 4 rings (SSSR count). The fourth-order valence-corrected chi connectivity index (χ4v) is 3.82.